The van der Waals surface area contributed by atoms with Crippen LogP contribution in [0.3, 0.4) is 0 Å². The number of nitrogens with zero attached hydrogens (tertiary/aromatic N) is 1. The third kappa shape index (κ3) is 2.18. The van der Waals surface area contributed by atoms with Crippen molar-refractivity contribution in [1.29, 1.82) is 0 Å². The van der Waals surface area contributed by atoms with Crippen molar-refractivity contribution >= 4 is 22.6 Å². The summed E-state index contributed by atoms with van der Waals surface area (Å²) in [6.07, 6.45) is 0. The van der Waals surface area contributed by atoms with Gasteiger partial charge in [-0.15, -0.1) is 0 Å². The fourth-order valence-corrected chi connectivity index (χ4v) is 2.31. The molecule has 21 heavy (non-hydrogen) atoms. The molecule has 0 unspecified atom stereocenters. The Kier molecular flexibility index (Phi) is 3.02. The normalized spacial score (nSPS) is 10.7. The number of para-hydroxylation sites is 1. The molecule has 1 aromatic heterocycles. The summed E-state index contributed by atoms with van der Waals surface area (Å²) in [5.41, 5.74) is 7.20. The highest BCUT2D eigenvalue weighted by Gasteiger charge is 2.19. The van der Waals surface area contributed by atoms with E-state index in [4.69, 9.17) is 5.73 Å². The van der Waals surface area contributed by atoms with Crippen molar-refractivity contribution in [1.82, 2.24) is 4.98 Å². The number of nitrogen functional groups attached to an aromatic ring is 1. The number of hydrogen-bond acceptors (Lipinski definition) is 3. The molecule has 0 aliphatic carbocycles. The Bertz CT molecular complexity index is 862. The summed E-state index contributed by atoms with van der Waals surface area (Å²) < 4.78 is 13.4. The van der Waals surface area contributed by atoms with Gasteiger partial charge in [0.05, 0.1) is 22.5 Å². The Labute approximate surface area is 119 Å². The highest BCUT2D eigenvalue weighted by Crippen LogP contribution is 2.32. The van der Waals surface area contributed by atoms with E-state index >= 15 is 0 Å². The minimum absolute atomic E-state index is 0.0140. The number of benzene rings is 2. The molecular formula is C16H11FN2O2. The van der Waals surface area contributed by atoms with Gasteiger partial charge in [-0.1, -0.05) is 30.3 Å². The van der Waals surface area contributed by atoms with Gasteiger partial charge in [-0.2, -0.15) is 0 Å². The number of nitrogens with two attached hydrogens (primary N) is 1. The minimum atomic E-state index is -1.14. The van der Waals surface area contributed by atoms with Crippen LogP contribution >= 0.6 is 0 Å². The number of pyridine rings is 1. The van der Waals surface area contributed by atoms with Gasteiger partial charge >= 0.3 is 5.97 Å². The first-order chi connectivity index (χ1) is 10.1. The topological polar surface area (TPSA) is 76.2 Å². The number of halogens is 1. The zero-order valence-electron chi connectivity index (χ0n) is 10.9. The van der Waals surface area contributed by atoms with Gasteiger partial charge in [-0.05, 0) is 18.2 Å². The van der Waals surface area contributed by atoms with Crippen LogP contribution in [0.5, 0.6) is 0 Å². The highest BCUT2D eigenvalue weighted by molar-refractivity contribution is 6.09. The number of carbonyl (C=O) groups is 1. The van der Waals surface area contributed by atoms with Crippen LogP contribution in [0.1, 0.15) is 10.4 Å². The molecule has 0 saturated carbocycles. The molecule has 2 aromatic carbocycles. The Hall–Kier alpha value is -2.95. The first-order valence-electron chi connectivity index (χ1n) is 6.25. The summed E-state index contributed by atoms with van der Waals surface area (Å²) in [5.74, 6) is -1.57. The van der Waals surface area contributed by atoms with Crippen LogP contribution in [0.4, 0.5) is 10.1 Å². The molecule has 0 saturated heterocycles. The molecule has 3 aromatic rings. The van der Waals surface area contributed by atoms with Crippen molar-refractivity contribution in [2.75, 3.05) is 5.73 Å². The number of anilines is 1. The molecule has 0 bridgehead atoms. The van der Waals surface area contributed by atoms with Crippen molar-refractivity contribution in [3.8, 4) is 11.3 Å². The Balaban J connectivity index is 2.39. The molecule has 4 nitrogen and oxygen atoms in total. The van der Waals surface area contributed by atoms with Crippen LogP contribution in [0.2, 0.25) is 0 Å². The van der Waals surface area contributed by atoms with E-state index in [0.717, 1.165) is 0 Å². The van der Waals surface area contributed by atoms with Crippen molar-refractivity contribution in [2.24, 2.45) is 0 Å². The van der Waals surface area contributed by atoms with Crippen molar-refractivity contribution in [3.63, 3.8) is 0 Å². The predicted octanol–water partition coefficient (Wildman–Crippen LogP) is 3.32. The average molecular weight is 282 g/mol. The van der Waals surface area contributed by atoms with Crippen LogP contribution in [0.25, 0.3) is 22.2 Å². The van der Waals surface area contributed by atoms with Crippen LogP contribution < -0.4 is 5.73 Å². The van der Waals surface area contributed by atoms with Gasteiger partial charge in [0.2, 0.25) is 0 Å². The zero-order chi connectivity index (χ0) is 15.0. The molecule has 0 aliphatic heterocycles. The molecule has 0 fully saturated rings. The van der Waals surface area contributed by atoms with E-state index in [0.29, 0.717) is 16.5 Å². The third-order valence-corrected chi connectivity index (χ3v) is 3.24. The van der Waals surface area contributed by atoms with E-state index in [9.17, 15) is 14.3 Å². The van der Waals surface area contributed by atoms with E-state index in [1.54, 1.807) is 30.3 Å². The van der Waals surface area contributed by atoms with E-state index in [-0.39, 0.29) is 16.9 Å². The largest absolute Gasteiger partial charge is 0.478 e. The van der Waals surface area contributed by atoms with Gasteiger partial charge in [0, 0.05) is 10.9 Å². The number of aromatic carboxylic acids is 1. The van der Waals surface area contributed by atoms with Crippen molar-refractivity contribution in [2.45, 2.75) is 0 Å². The fraction of sp³-hybridized carbons (Fsp3) is 0. The summed E-state index contributed by atoms with van der Waals surface area (Å²) in [4.78, 5) is 15.9. The molecule has 3 N–H and O–H groups in total. The Morgan fingerprint density at radius 3 is 2.62 bits per heavy atom. The average Bonchev–Trinajstić information content (AvgIpc) is 2.46. The van der Waals surface area contributed by atoms with E-state index in [2.05, 4.69) is 4.98 Å². The molecule has 104 valence electrons. The SMILES string of the molecule is Nc1c(-c2cccc(F)c2)nc2ccccc2c1C(=O)O. The maximum atomic E-state index is 13.4. The summed E-state index contributed by atoms with van der Waals surface area (Å²) in [7, 11) is 0. The molecule has 3 rings (SSSR count). The van der Waals surface area contributed by atoms with E-state index in [1.807, 2.05) is 0 Å². The molecule has 0 spiro atoms. The lowest BCUT2D eigenvalue weighted by atomic mass is 10.0. The zero-order valence-corrected chi connectivity index (χ0v) is 10.9. The first-order valence-corrected chi connectivity index (χ1v) is 6.25. The first kappa shape index (κ1) is 13.1. The molecule has 0 atom stereocenters. The summed E-state index contributed by atoms with van der Waals surface area (Å²) in [5, 5.41) is 9.87. The van der Waals surface area contributed by atoms with Gasteiger partial charge in [-0.25, -0.2) is 14.2 Å². The molecule has 5 heteroatoms. The molecule has 0 radical (unpaired) electrons. The quantitative estimate of drug-likeness (QED) is 0.756. The highest BCUT2D eigenvalue weighted by atomic mass is 19.1. The lowest BCUT2D eigenvalue weighted by Gasteiger charge is -2.11. The molecule has 1 heterocycles. The number of aromatic nitrogens is 1. The van der Waals surface area contributed by atoms with Gasteiger partial charge in [0.1, 0.15) is 5.82 Å². The molecule has 0 aliphatic rings. The van der Waals surface area contributed by atoms with Crippen LogP contribution in [0, 0.1) is 5.82 Å². The fourth-order valence-electron chi connectivity index (χ4n) is 2.31. The molecule has 0 amide bonds. The monoisotopic (exact) mass is 282 g/mol. The maximum absolute atomic E-state index is 13.4. The van der Waals surface area contributed by atoms with Gasteiger partial charge in [0.25, 0.3) is 0 Å². The maximum Gasteiger partial charge on any atom is 0.338 e. The Morgan fingerprint density at radius 2 is 1.90 bits per heavy atom. The standard InChI is InChI=1S/C16H11FN2O2/c17-10-5-3-4-9(8-10)15-14(18)13(16(20)21)11-6-1-2-7-12(11)19-15/h1-8H,18H2,(H,20,21). The number of rotatable bonds is 2. The van der Waals surface area contributed by atoms with Gasteiger partial charge < -0.3 is 10.8 Å². The predicted molar refractivity (Wildman–Crippen MR) is 78.5 cm³/mol. The summed E-state index contributed by atoms with van der Waals surface area (Å²) in [6.45, 7) is 0. The Morgan fingerprint density at radius 1 is 1.14 bits per heavy atom. The number of carboxylic acid groups (broad SMARTS) is 1. The second-order valence-corrected chi connectivity index (χ2v) is 4.58. The lowest BCUT2D eigenvalue weighted by molar-refractivity contribution is 0.0700. The minimum Gasteiger partial charge on any atom is -0.478 e. The van der Waals surface area contributed by atoms with Gasteiger partial charge in [-0.3, -0.25) is 0 Å². The number of fused-ring (bicyclic) bond motifs is 1. The number of hydrogen-bond donors (Lipinski definition) is 2. The summed E-state index contributed by atoms with van der Waals surface area (Å²) in [6, 6.07) is 12.6. The van der Waals surface area contributed by atoms with Crippen molar-refractivity contribution in [3.05, 3.63) is 59.9 Å². The van der Waals surface area contributed by atoms with Crippen LogP contribution in [-0.4, -0.2) is 16.1 Å². The van der Waals surface area contributed by atoms with Gasteiger partial charge in [0.15, 0.2) is 0 Å². The number of carboxylic acids is 1. The lowest BCUT2D eigenvalue weighted by Crippen LogP contribution is -2.07. The van der Waals surface area contributed by atoms with Crippen molar-refractivity contribution < 1.29 is 14.3 Å². The second-order valence-electron chi connectivity index (χ2n) is 4.58. The second kappa shape index (κ2) is 4.86. The van der Waals surface area contributed by atoms with Crippen LogP contribution in [0.15, 0.2) is 48.5 Å². The van der Waals surface area contributed by atoms with E-state index < -0.39 is 11.8 Å². The summed E-state index contributed by atoms with van der Waals surface area (Å²) >= 11 is 0. The molecular weight excluding hydrogens is 271 g/mol. The van der Waals surface area contributed by atoms with Crippen LogP contribution in [-0.2, 0) is 0 Å². The smallest absolute Gasteiger partial charge is 0.338 e. The third-order valence-electron chi connectivity index (χ3n) is 3.24. The van der Waals surface area contributed by atoms with E-state index in [1.165, 1.54) is 18.2 Å².